The number of rotatable bonds is 6. The molecule has 9 atom stereocenters. The van der Waals surface area contributed by atoms with Crippen LogP contribution < -0.4 is 0 Å². The van der Waals surface area contributed by atoms with E-state index in [0.29, 0.717) is 10.8 Å². The van der Waals surface area contributed by atoms with Crippen molar-refractivity contribution in [1.29, 1.82) is 0 Å². The lowest BCUT2D eigenvalue weighted by atomic mass is 9.47. The highest BCUT2D eigenvalue weighted by molar-refractivity contribution is 5.25. The SMILES string of the molecule is CCC(CCC(C)[C@H]1CC[C@H]2[C@@H]3CC=C4CC(O)CC[C@]4(C)[C@H]3CC[C@]12C)C(C)C. The van der Waals surface area contributed by atoms with Gasteiger partial charge in [0.25, 0.3) is 0 Å². The number of hydrogen-bond donors (Lipinski definition) is 1. The summed E-state index contributed by atoms with van der Waals surface area (Å²) in [5.41, 5.74) is 2.59. The van der Waals surface area contributed by atoms with Gasteiger partial charge in [-0.25, -0.2) is 0 Å². The molecule has 4 aliphatic carbocycles. The van der Waals surface area contributed by atoms with Crippen LogP contribution in [0, 0.1) is 52.3 Å². The van der Waals surface area contributed by atoms with Crippen LogP contribution in [0.5, 0.6) is 0 Å². The van der Waals surface area contributed by atoms with E-state index < -0.39 is 0 Å². The summed E-state index contributed by atoms with van der Waals surface area (Å²) >= 11 is 0. The minimum absolute atomic E-state index is 0.0794. The fourth-order valence-electron chi connectivity index (χ4n) is 9.30. The van der Waals surface area contributed by atoms with Gasteiger partial charge in [0.15, 0.2) is 0 Å². The first-order valence-electron chi connectivity index (χ1n) is 13.6. The van der Waals surface area contributed by atoms with E-state index >= 15 is 0 Å². The van der Waals surface area contributed by atoms with Gasteiger partial charge in [0.05, 0.1) is 6.10 Å². The Kier molecular flexibility index (Phi) is 6.53. The zero-order chi connectivity index (χ0) is 21.7. The minimum Gasteiger partial charge on any atom is -0.393 e. The maximum absolute atomic E-state index is 10.2. The molecule has 0 spiro atoms. The van der Waals surface area contributed by atoms with E-state index in [1.165, 1.54) is 57.8 Å². The quantitative estimate of drug-likeness (QED) is 0.436. The molecule has 0 bridgehead atoms. The topological polar surface area (TPSA) is 20.2 Å². The summed E-state index contributed by atoms with van der Waals surface area (Å²) < 4.78 is 0. The summed E-state index contributed by atoms with van der Waals surface area (Å²) in [7, 11) is 0. The fourth-order valence-corrected chi connectivity index (χ4v) is 9.30. The van der Waals surface area contributed by atoms with Crippen LogP contribution in [0.2, 0.25) is 0 Å². The molecule has 0 aromatic heterocycles. The fraction of sp³-hybridized carbons (Fsp3) is 0.931. The molecule has 0 radical (unpaired) electrons. The minimum atomic E-state index is -0.0794. The van der Waals surface area contributed by atoms with Crippen LogP contribution in [0.4, 0.5) is 0 Å². The van der Waals surface area contributed by atoms with Gasteiger partial charge in [-0.15, -0.1) is 0 Å². The maximum Gasteiger partial charge on any atom is 0.0577 e. The number of allylic oxidation sites excluding steroid dienone is 1. The van der Waals surface area contributed by atoms with E-state index in [2.05, 4.69) is 47.6 Å². The molecule has 0 aliphatic heterocycles. The lowest BCUT2D eigenvalue weighted by Crippen LogP contribution is -2.50. The molecule has 1 heteroatoms. The van der Waals surface area contributed by atoms with Gasteiger partial charge in [0.2, 0.25) is 0 Å². The lowest BCUT2D eigenvalue weighted by molar-refractivity contribution is -0.0575. The third-order valence-electron chi connectivity index (χ3n) is 11.3. The second kappa shape index (κ2) is 8.57. The van der Waals surface area contributed by atoms with Crippen LogP contribution in [-0.2, 0) is 0 Å². The average Bonchev–Trinajstić information content (AvgIpc) is 3.06. The summed E-state index contributed by atoms with van der Waals surface area (Å²) in [5, 5.41) is 10.2. The second-order valence-corrected chi connectivity index (χ2v) is 12.9. The van der Waals surface area contributed by atoms with Crippen molar-refractivity contribution in [2.75, 3.05) is 0 Å². The summed E-state index contributed by atoms with van der Waals surface area (Å²) in [6, 6.07) is 0. The van der Waals surface area contributed by atoms with E-state index in [1.807, 2.05) is 0 Å². The van der Waals surface area contributed by atoms with E-state index in [-0.39, 0.29) is 6.10 Å². The molecule has 0 saturated heterocycles. The van der Waals surface area contributed by atoms with E-state index in [4.69, 9.17) is 0 Å². The van der Waals surface area contributed by atoms with Gasteiger partial charge in [0, 0.05) is 0 Å². The molecule has 30 heavy (non-hydrogen) atoms. The molecule has 3 unspecified atom stereocenters. The molecule has 0 heterocycles. The van der Waals surface area contributed by atoms with Gasteiger partial charge in [-0.2, -0.15) is 0 Å². The molecule has 3 saturated carbocycles. The Morgan fingerprint density at radius 2 is 1.77 bits per heavy atom. The third-order valence-corrected chi connectivity index (χ3v) is 11.3. The zero-order valence-electron chi connectivity index (χ0n) is 20.9. The largest absolute Gasteiger partial charge is 0.393 e. The van der Waals surface area contributed by atoms with Gasteiger partial charge in [0.1, 0.15) is 0 Å². The molecule has 0 amide bonds. The van der Waals surface area contributed by atoms with Crippen molar-refractivity contribution in [3.63, 3.8) is 0 Å². The number of fused-ring (bicyclic) bond motifs is 5. The van der Waals surface area contributed by atoms with Gasteiger partial charge in [-0.3, -0.25) is 0 Å². The molecule has 4 aliphatic rings. The Morgan fingerprint density at radius 1 is 1.00 bits per heavy atom. The molecule has 3 fully saturated rings. The van der Waals surface area contributed by atoms with Crippen LogP contribution in [0.1, 0.15) is 112 Å². The van der Waals surface area contributed by atoms with Crippen molar-refractivity contribution >= 4 is 0 Å². The molecule has 1 nitrogen and oxygen atoms in total. The third kappa shape index (κ3) is 3.74. The van der Waals surface area contributed by atoms with Gasteiger partial charge < -0.3 is 5.11 Å². The van der Waals surface area contributed by atoms with Gasteiger partial charge in [-0.05, 0) is 110 Å². The molecular weight excluding hydrogens is 364 g/mol. The molecule has 0 aromatic carbocycles. The van der Waals surface area contributed by atoms with Gasteiger partial charge in [-0.1, -0.05) is 66.0 Å². The Bertz CT molecular complexity index is 634. The second-order valence-electron chi connectivity index (χ2n) is 12.9. The molecule has 4 rings (SSSR count). The summed E-state index contributed by atoms with van der Waals surface area (Å²) in [4.78, 5) is 0. The van der Waals surface area contributed by atoms with Crippen molar-refractivity contribution in [2.45, 2.75) is 118 Å². The van der Waals surface area contributed by atoms with Crippen molar-refractivity contribution in [3.05, 3.63) is 11.6 Å². The van der Waals surface area contributed by atoms with E-state index in [9.17, 15) is 5.11 Å². The summed E-state index contributed by atoms with van der Waals surface area (Å²) in [6.07, 6.45) is 17.1. The number of hydrogen-bond acceptors (Lipinski definition) is 1. The Morgan fingerprint density at radius 3 is 2.47 bits per heavy atom. The normalized spacial score (nSPS) is 45.3. The van der Waals surface area contributed by atoms with Crippen LogP contribution in [-0.4, -0.2) is 11.2 Å². The van der Waals surface area contributed by atoms with Crippen molar-refractivity contribution in [1.82, 2.24) is 0 Å². The predicted molar refractivity (Wildman–Crippen MR) is 128 cm³/mol. The van der Waals surface area contributed by atoms with Crippen LogP contribution in [0.3, 0.4) is 0 Å². The van der Waals surface area contributed by atoms with E-state index in [0.717, 1.165) is 54.3 Å². The molecular formula is C29H50O. The Labute approximate surface area is 187 Å². The highest BCUT2D eigenvalue weighted by Gasteiger charge is 2.59. The molecule has 172 valence electrons. The highest BCUT2D eigenvalue weighted by Crippen LogP contribution is 2.67. The average molecular weight is 415 g/mol. The summed E-state index contributed by atoms with van der Waals surface area (Å²) in [6.45, 7) is 15.1. The lowest BCUT2D eigenvalue weighted by Gasteiger charge is -2.58. The number of aliphatic hydroxyl groups is 1. The Balaban J connectivity index is 1.47. The van der Waals surface area contributed by atoms with Crippen molar-refractivity contribution < 1.29 is 5.11 Å². The highest BCUT2D eigenvalue weighted by atomic mass is 16.3. The van der Waals surface area contributed by atoms with Crippen LogP contribution >= 0.6 is 0 Å². The maximum atomic E-state index is 10.2. The smallest absolute Gasteiger partial charge is 0.0577 e. The van der Waals surface area contributed by atoms with E-state index in [1.54, 1.807) is 5.57 Å². The van der Waals surface area contributed by atoms with Crippen molar-refractivity contribution in [2.24, 2.45) is 52.3 Å². The zero-order valence-corrected chi connectivity index (χ0v) is 20.9. The number of aliphatic hydroxyl groups excluding tert-OH is 1. The van der Waals surface area contributed by atoms with Crippen molar-refractivity contribution in [3.8, 4) is 0 Å². The first-order valence-corrected chi connectivity index (χ1v) is 13.6. The first kappa shape index (κ1) is 22.9. The monoisotopic (exact) mass is 414 g/mol. The standard InChI is InChI=1S/C29H50O/c1-7-21(19(2)3)9-8-20(4)25-12-13-26-24-11-10-22-18-23(30)14-16-28(22,5)27(24)15-17-29(25,26)6/h10,19-21,23-27,30H,7-9,11-18H2,1-6H3/t20?,21?,23?,24-,25+,26-,27-,28-,29+/m0/s1. The Hall–Kier alpha value is -0.300. The summed E-state index contributed by atoms with van der Waals surface area (Å²) in [5.74, 6) is 6.31. The van der Waals surface area contributed by atoms with Crippen LogP contribution in [0.25, 0.3) is 0 Å². The molecule has 1 N–H and O–H groups in total. The first-order chi connectivity index (χ1) is 14.2. The molecule has 0 aromatic rings. The van der Waals surface area contributed by atoms with Crippen LogP contribution in [0.15, 0.2) is 11.6 Å². The van der Waals surface area contributed by atoms with Gasteiger partial charge >= 0.3 is 0 Å². The predicted octanol–water partition coefficient (Wildman–Crippen LogP) is 8.02.